The molecule has 10 heavy (non-hydrogen) atoms. The van der Waals surface area contributed by atoms with Gasteiger partial charge in [0.15, 0.2) is 11.5 Å². The molecule has 1 radical (unpaired) electrons. The summed E-state index contributed by atoms with van der Waals surface area (Å²) in [5.41, 5.74) is 0.0672. The first-order valence-corrected chi connectivity index (χ1v) is 3.85. The third kappa shape index (κ3) is 4.22. The SMILES string of the molecule is C=C(C)C(=O)[CH]S(=O)(=O)O. The highest BCUT2D eigenvalue weighted by Gasteiger charge is 2.13. The van der Waals surface area contributed by atoms with Crippen LogP contribution in [0.1, 0.15) is 6.92 Å². The molecule has 0 amide bonds. The van der Waals surface area contributed by atoms with Crippen LogP contribution in [0.15, 0.2) is 12.2 Å². The van der Waals surface area contributed by atoms with Gasteiger partial charge in [0.25, 0.3) is 10.1 Å². The van der Waals surface area contributed by atoms with E-state index in [9.17, 15) is 13.2 Å². The molecule has 0 aromatic heterocycles. The lowest BCUT2D eigenvalue weighted by Crippen LogP contribution is -2.08. The van der Waals surface area contributed by atoms with E-state index in [1.165, 1.54) is 6.92 Å². The second kappa shape index (κ2) is 2.94. The fourth-order valence-corrected chi connectivity index (χ4v) is 0.708. The van der Waals surface area contributed by atoms with Crippen LogP contribution < -0.4 is 0 Å². The number of carbonyl (C=O) groups excluding carboxylic acids is 1. The first-order chi connectivity index (χ1) is 4.33. The largest absolute Gasteiger partial charge is 0.293 e. The molecule has 0 heterocycles. The van der Waals surface area contributed by atoms with Crippen LogP contribution in [-0.4, -0.2) is 18.8 Å². The predicted molar refractivity (Wildman–Crippen MR) is 35.7 cm³/mol. The second-order valence-electron chi connectivity index (χ2n) is 1.78. The molecule has 0 aromatic rings. The van der Waals surface area contributed by atoms with Crippen molar-refractivity contribution in [3.63, 3.8) is 0 Å². The van der Waals surface area contributed by atoms with Crippen molar-refractivity contribution in [1.29, 1.82) is 0 Å². The average Bonchev–Trinajstić information content (AvgIpc) is 1.60. The van der Waals surface area contributed by atoms with E-state index in [4.69, 9.17) is 4.55 Å². The van der Waals surface area contributed by atoms with Gasteiger partial charge < -0.3 is 0 Å². The molecule has 57 valence electrons. The summed E-state index contributed by atoms with van der Waals surface area (Å²) in [7, 11) is -4.30. The Morgan fingerprint density at radius 3 is 2.10 bits per heavy atom. The zero-order chi connectivity index (χ0) is 8.36. The molecule has 0 aliphatic heterocycles. The standard InChI is InChI=1S/C5H7O4S/c1-4(2)5(6)3-10(7,8)9/h3H,1H2,2H3,(H,7,8,9). The summed E-state index contributed by atoms with van der Waals surface area (Å²) in [5.74, 6) is -0.572. The summed E-state index contributed by atoms with van der Waals surface area (Å²) in [6.07, 6.45) is 0. The summed E-state index contributed by atoms with van der Waals surface area (Å²) < 4.78 is 28.1. The van der Waals surface area contributed by atoms with Crippen LogP contribution in [0.4, 0.5) is 0 Å². The Morgan fingerprint density at radius 2 is 2.00 bits per heavy atom. The number of rotatable bonds is 3. The van der Waals surface area contributed by atoms with Gasteiger partial charge in [-0.1, -0.05) is 6.58 Å². The molecule has 5 heteroatoms. The molecule has 0 atom stereocenters. The van der Waals surface area contributed by atoms with Gasteiger partial charge in [-0.3, -0.25) is 9.35 Å². The van der Waals surface area contributed by atoms with Crippen molar-refractivity contribution in [3.8, 4) is 0 Å². The monoisotopic (exact) mass is 163 g/mol. The molecule has 0 aliphatic carbocycles. The van der Waals surface area contributed by atoms with E-state index in [0.29, 0.717) is 0 Å². The maximum Gasteiger partial charge on any atom is 0.277 e. The molecular weight excluding hydrogens is 156 g/mol. The molecule has 0 fully saturated rings. The quantitative estimate of drug-likeness (QED) is 0.476. The third-order valence-corrected chi connectivity index (χ3v) is 1.19. The first kappa shape index (κ1) is 9.32. The molecule has 0 saturated carbocycles. The Balaban J connectivity index is 4.21. The average molecular weight is 163 g/mol. The molecule has 0 saturated heterocycles. The number of allylic oxidation sites excluding steroid dienone is 1. The van der Waals surface area contributed by atoms with Crippen LogP contribution in [-0.2, 0) is 14.9 Å². The van der Waals surface area contributed by atoms with Gasteiger partial charge in [0.05, 0.1) is 0 Å². The lowest BCUT2D eigenvalue weighted by molar-refractivity contribution is -0.111. The van der Waals surface area contributed by atoms with Crippen molar-refractivity contribution in [2.75, 3.05) is 0 Å². The van der Waals surface area contributed by atoms with Crippen LogP contribution >= 0.6 is 0 Å². The van der Waals surface area contributed by atoms with E-state index in [1.807, 2.05) is 0 Å². The summed E-state index contributed by atoms with van der Waals surface area (Å²) in [5, 5.41) is 0. The molecule has 0 bridgehead atoms. The molecule has 0 aromatic carbocycles. The van der Waals surface area contributed by atoms with Crippen molar-refractivity contribution in [2.24, 2.45) is 0 Å². The van der Waals surface area contributed by atoms with Gasteiger partial charge >= 0.3 is 0 Å². The van der Waals surface area contributed by atoms with Gasteiger partial charge in [-0.05, 0) is 12.5 Å². The minimum absolute atomic E-state index is 0.0672. The molecule has 0 rings (SSSR count). The summed E-state index contributed by atoms with van der Waals surface area (Å²) in [4.78, 5) is 10.5. The van der Waals surface area contributed by atoms with E-state index in [0.717, 1.165) is 0 Å². The molecule has 1 N–H and O–H groups in total. The van der Waals surface area contributed by atoms with E-state index in [1.54, 1.807) is 0 Å². The van der Waals surface area contributed by atoms with Crippen LogP contribution in [0.2, 0.25) is 0 Å². The van der Waals surface area contributed by atoms with Crippen molar-refractivity contribution < 1.29 is 17.8 Å². The van der Waals surface area contributed by atoms with Gasteiger partial charge in [0, 0.05) is 0 Å². The molecule has 4 nitrogen and oxygen atoms in total. The smallest absolute Gasteiger partial charge is 0.277 e. The minimum atomic E-state index is -4.30. The summed E-state index contributed by atoms with van der Waals surface area (Å²) in [6.45, 7) is 4.53. The second-order valence-corrected chi connectivity index (χ2v) is 3.04. The Hall–Kier alpha value is -0.680. The summed E-state index contributed by atoms with van der Waals surface area (Å²) >= 11 is 0. The zero-order valence-electron chi connectivity index (χ0n) is 5.36. The molecule has 0 unspecified atom stereocenters. The number of hydrogen-bond donors (Lipinski definition) is 1. The highest BCUT2D eigenvalue weighted by molar-refractivity contribution is 7.88. The van der Waals surface area contributed by atoms with E-state index < -0.39 is 15.9 Å². The van der Waals surface area contributed by atoms with Gasteiger partial charge in [0.1, 0.15) is 0 Å². The fourth-order valence-electron chi connectivity index (χ4n) is 0.236. The van der Waals surface area contributed by atoms with Crippen molar-refractivity contribution in [3.05, 3.63) is 17.9 Å². The Labute approximate surface area is 59.3 Å². The van der Waals surface area contributed by atoms with Gasteiger partial charge in [-0.25, -0.2) is 0 Å². The normalized spacial score (nSPS) is 11.0. The zero-order valence-corrected chi connectivity index (χ0v) is 6.18. The highest BCUT2D eigenvalue weighted by atomic mass is 32.2. The number of ketones is 1. The van der Waals surface area contributed by atoms with E-state index >= 15 is 0 Å². The molecule has 0 aliphatic rings. The maximum atomic E-state index is 10.5. The van der Waals surface area contributed by atoms with Gasteiger partial charge in [-0.15, -0.1) is 0 Å². The van der Waals surface area contributed by atoms with Gasteiger partial charge in [0.2, 0.25) is 0 Å². The Morgan fingerprint density at radius 1 is 1.60 bits per heavy atom. The number of hydrogen-bond acceptors (Lipinski definition) is 3. The minimum Gasteiger partial charge on any atom is -0.293 e. The maximum absolute atomic E-state index is 10.5. The van der Waals surface area contributed by atoms with Gasteiger partial charge in [-0.2, -0.15) is 8.42 Å². The summed E-state index contributed by atoms with van der Waals surface area (Å²) in [6, 6.07) is 0. The molecular formula is C5H7O4S. The Bertz CT molecular complexity index is 249. The van der Waals surface area contributed by atoms with E-state index in [2.05, 4.69) is 6.58 Å². The topological polar surface area (TPSA) is 71.4 Å². The van der Waals surface area contributed by atoms with Crippen molar-refractivity contribution in [1.82, 2.24) is 0 Å². The van der Waals surface area contributed by atoms with Crippen LogP contribution in [0, 0.1) is 5.75 Å². The van der Waals surface area contributed by atoms with Crippen LogP contribution in [0.3, 0.4) is 0 Å². The van der Waals surface area contributed by atoms with Crippen molar-refractivity contribution in [2.45, 2.75) is 6.92 Å². The van der Waals surface area contributed by atoms with E-state index in [-0.39, 0.29) is 11.3 Å². The lowest BCUT2D eigenvalue weighted by atomic mass is 10.2. The first-order valence-electron chi connectivity index (χ1n) is 2.35. The Kier molecular flexibility index (Phi) is 2.74. The lowest BCUT2D eigenvalue weighted by Gasteiger charge is -1.92. The number of Topliss-reactive ketones (excluding diaryl/α,β-unsaturated/α-hetero) is 1. The third-order valence-electron chi connectivity index (χ3n) is 0.677. The fraction of sp³-hybridized carbons (Fsp3) is 0.200. The number of carbonyl (C=O) groups is 1. The van der Waals surface area contributed by atoms with Crippen LogP contribution in [0.5, 0.6) is 0 Å². The predicted octanol–water partition coefficient (Wildman–Crippen LogP) is 0.181. The van der Waals surface area contributed by atoms with Crippen LogP contribution in [0.25, 0.3) is 0 Å². The molecule has 0 spiro atoms. The van der Waals surface area contributed by atoms with Crippen molar-refractivity contribution >= 4 is 15.9 Å². The highest BCUT2D eigenvalue weighted by Crippen LogP contribution is 1.98.